The number of benzene rings is 1. The Morgan fingerprint density at radius 2 is 2.06 bits per heavy atom. The summed E-state index contributed by atoms with van der Waals surface area (Å²) in [4.78, 5) is 14.9. The number of aromatic nitrogens is 1. The average molecular weight is 269 g/mol. The Balaban J connectivity index is 2.55. The van der Waals surface area contributed by atoms with Gasteiger partial charge < -0.3 is 4.98 Å². The zero-order chi connectivity index (χ0) is 13.5. The van der Waals surface area contributed by atoms with Crippen molar-refractivity contribution in [3.05, 3.63) is 35.8 Å². The minimum absolute atomic E-state index is 0.197. The molecule has 0 aliphatic carbocycles. The molecule has 4 nitrogen and oxygen atoms in total. The molecular weight excluding hydrogens is 257 g/mol. The zero-order valence-corrected chi connectivity index (χ0v) is 10.7. The predicted octanol–water partition coefficient (Wildman–Crippen LogP) is 1.92. The van der Waals surface area contributed by atoms with E-state index in [0.29, 0.717) is 10.9 Å². The topological polar surface area (TPSA) is 67.0 Å². The summed E-state index contributed by atoms with van der Waals surface area (Å²) in [5.74, 6) is -1.00. The summed E-state index contributed by atoms with van der Waals surface area (Å²) in [6.45, 7) is 1.33. The van der Waals surface area contributed by atoms with Crippen LogP contribution >= 0.6 is 0 Å². The highest BCUT2D eigenvalue weighted by molar-refractivity contribution is 7.92. The molecule has 0 radical (unpaired) electrons. The summed E-state index contributed by atoms with van der Waals surface area (Å²) < 4.78 is 35.9. The zero-order valence-electron chi connectivity index (χ0n) is 9.90. The maximum atomic E-state index is 13.1. The molecule has 0 aliphatic heterocycles. The Hall–Kier alpha value is -1.69. The van der Waals surface area contributed by atoms with Gasteiger partial charge in [0.1, 0.15) is 11.1 Å². The number of nitrogens with one attached hydrogen (secondary N) is 1. The van der Waals surface area contributed by atoms with Gasteiger partial charge >= 0.3 is 0 Å². The fourth-order valence-electron chi connectivity index (χ4n) is 1.71. The third-order valence-corrected chi connectivity index (χ3v) is 4.42. The second kappa shape index (κ2) is 4.20. The summed E-state index contributed by atoms with van der Waals surface area (Å²) in [5, 5.41) is -0.740. The maximum absolute atomic E-state index is 13.1. The van der Waals surface area contributed by atoms with Gasteiger partial charge in [-0.05, 0) is 25.1 Å². The molecular formula is C12H12FNO3S. The number of carbonyl (C=O) groups excluding carboxylic acids is 1. The number of hydrogen-bond acceptors (Lipinski definition) is 3. The number of halogens is 1. The predicted molar refractivity (Wildman–Crippen MR) is 66.9 cm³/mol. The number of aromatic amines is 1. The highest BCUT2D eigenvalue weighted by atomic mass is 32.2. The number of rotatable bonds is 3. The SMILES string of the molecule is CC(C(=O)c1c[nH]c2ccc(F)cc12)S(C)(=O)=O. The Bertz CT molecular complexity index is 718. The molecule has 96 valence electrons. The van der Waals surface area contributed by atoms with Crippen LogP contribution < -0.4 is 0 Å². The highest BCUT2D eigenvalue weighted by Gasteiger charge is 2.26. The lowest BCUT2D eigenvalue weighted by Gasteiger charge is -2.07. The van der Waals surface area contributed by atoms with Gasteiger partial charge in [0.15, 0.2) is 15.6 Å². The summed E-state index contributed by atoms with van der Waals surface area (Å²) in [6.07, 6.45) is 2.42. The molecule has 1 aromatic heterocycles. The first-order chi connectivity index (χ1) is 8.30. The van der Waals surface area contributed by atoms with Crippen LogP contribution in [0, 0.1) is 5.82 Å². The van der Waals surface area contributed by atoms with Gasteiger partial charge in [0.05, 0.1) is 0 Å². The molecule has 0 amide bonds. The van der Waals surface area contributed by atoms with E-state index in [-0.39, 0.29) is 5.56 Å². The molecule has 0 spiro atoms. The van der Waals surface area contributed by atoms with Crippen LogP contribution in [-0.4, -0.2) is 30.7 Å². The van der Waals surface area contributed by atoms with Crippen molar-refractivity contribution in [2.75, 3.05) is 6.26 Å². The van der Waals surface area contributed by atoms with Gasteiger partial charge in [-0.25, -0.2) is 12.8 Å². The minimum atomic E-state index is -3.46. The average Bonchev–Trinajstić information content (AvgIpc) is 2.68. The van der Waals surface area contributed by atoms with Gasteiger partial charge in [-0.1, -0.05) is 0 Å². The van der Waals surface area contributed by atoms with Gasteiger partial charge in [-0.15, -0.1) is 0 Å². The monoisotopic (exact) mass is 269 g/mol. The Kier molecular flexibility index (Phi) is 2.98. The lowest BCUT2D eigenvalue weighted by Crippen LogP contribution is -2.26. The second-order valence-electron chi connectivity index (χ2n) is 4.23. The quantitative estimate of drug-likeness (QED) is 0.866. The van der Waals surface area contributed by atoms with Crippen LogP contribution in [0.4, 0.5) is 4.39 Å². The molecule has 2 rings (SSSR count). The van der Waals surface area contributed by atoms with Crippen LogP contribution in [0.1, 0.15) is 17.3 Å². The number of hydrogen-bond donors (Lipinski definition) is 1. The van der Waals surface area contributed by atoms with E-state index in [9.17, 15) is 17.6 Å². The van der Waals surface area contributed by atoms with Gasteiger partial charge in [-0.3, -0.25) is 4.79 Å². The first kappa shape index (κ1) is 12.8. The highest BCUT2D eigenvalue weighted by Crippen LogP contribution is 2.22. The van der Waals surface area contributed by atoms with Gasteiger partial charge in [0.2, 0.25) is 0 Å². The van der Waals surface area contributed by atoms with Crippen molar-refractivity contribution < 1.29 is 17.6 Å². The van der Waals surface area contributed by atoms with Crippen molar-refractivity contribution in [1.82, 2.24) is 4.98 Å². The molecule has 1 atom stereocenters. The summed E-state index contributed by atoms with van der Waals surface area (Å²) in [6, 6.07) is 3.99. The molecule has 18 heavy (non-hydrogen) atoms. The number of Topliss-reactive ketones (excluding diaryl/α,β-unsaturated/α-hetero) is 1. The van der Waals surface area contributed by atoms with Crippen molar-refractivity contribution in [2.45, 2.75) is 12.2 Å². The Labute approximate surface area is 104 Å². The molecule has 0 bridgehead atoms. The molecule has 1 heterocycles. The minimum Gasteiger partial charge on any atom is -0.360 e. The molecule has 1 N–H and O–H groups in total. The third kappa shape index (κ3) is 2.15. The normalized spacial score (nSPS) is 13.7. The number of sulfone groups is 1. The molecule has 6 heteroatoms. The van der Waals surface area contributed by atoms with E-state index in [1.807, 2.05) is 0 Å². The third-order valence-electron chi connectivity index (χ3n) is 2.92. The van der Waals surface area contributed by atoms with Crippen LogP contribution in [0.25, 0.3) is 10.9 Å². The first-order valence-electron chi connectivity index (χ1n) is 5.30. The fourth-order valence-corrected chi connectivity index (χ4v) is 2.23. The Morgan fingerprint density at radius 1 is 1.39 bits per heavy atom. The molecule has 0 saturated carbocycles. The summed E-state index contributed by atoms with van der Waals surface area (Å²) in [5.41, 5.74) is 0.794. The number of fused-ring (bicyclic) bond motifs is 1. The van der Waals surface area contributed by atoms with Crippen molar-refractivity contribution >= 4 is 26.5 Å². The largest absolute Gasteiger partial charge is 0.360 e. The fraction of sp³-hybridized carbons (Fsp3) is 0.250. The van der Waals surface area contributed by atoms with Crippen molar-refractivity contribution in [3.63, 3.8) is 0 Å². The van der Waals surface area contributed by atoms with Crippen molar-refractivity contribution in [3.8, 4) is 0 Å². The number of H-pyrrole nitrogens is 1. The first-order valence-corrected chi connectivity index (χ1v) is 7.26. The van der Waals surface area contributed by atoms with Crippen LogP contribution in [0.15, 0.2) is 24.4 Å². The second-order valence-corrected chi connectivity index (χ2v) is 6.59. The summed E-state index contributed by atoms with van der Waals surface area (Å²) in [7, 11) is -3.46. The van der Waals surface area contributed by atoms with Crippen LogP contribution in [0.2, 0.25) is 0 Å². The lowest BCUT2D eigenvalue weighted by molar-refractivity contribution is 0.0993. The van der Waals surface area contributed by atoms with E-state index in [4.69, 9.17) is 0 Å². The molecule has 0 fully saturated rings. The number of carbonyl (C=O) groups is 1. The lowest BCUT2D eigenvalue weighted by atomic mass is 10.1. The smallest absolute Gasteiger partial charge is 0.182 e. The molecule has 2 aromatic rings. The standard InChI is InChI=1S/C12H12FNO3S/c1-7(18(2,16)17)12(15)10-6-14-11-4-3-8(13)5-9(10)11/h3-7,14H,1-2H3. The van der Waals surface area contributed by atoms with Crippen LogP contribution in [0.5, 0.6) is 0 Å². The van der Waals surface area contributed by atoms with E-state index < -0.39 is 26.7 Å². The van der Waals surface area contributed by atoms with E-state index in [2.05, 4.69) is 4.98 Å². The molecule has 1 unspecified atom stereocenters. The van der Waals surface area contributed by atoms with Crippen molar-refractivity contribution in [2.24, 2.45) is 0 Å². The van der Waals surface area contributed by atoms with E-state index >= 15 is 0 Å². The van der Waals surface area contributed by atoms with E-state index in [1.165, 1.54) is 31.3 Å². The summed E-state index contributed by atoms with van der Waals surface area (Å²) >= 11 is 0. The van der Waals surface area contributed by atoms with Gasteiger partial charge in [-0.2, -0.15) is 0 Å². The van der Waals surface area contributed by atoms with Gasteiger partial charge in [0, 0.05) is 28.9 Å². The van der Waals surface area contributed by atoms with Crippen molar-refractivity contribution in [1.29, 1.82) is 0 Å². The Morgan fingerprint density at radius 3 is 2.67 bits per heavy atom. The molecule has 0 aliphatic rings. The van der Waals surface area contributed by atoms with E-state index in [0.717, 1.165) is 6.26 Å². The van der Waals surface area contributed by atoms with Crippen LogP contribution in [-0.2, 0) is 9.84 Å². The van der Waals surface area contributed by atoms with Crippen LogP contribution in [0.3, 0.4) is 0 Å². The van der Waals surface area contributed by atoms with Gasteiger partial charge in [0.25, 0.3) is 0 Å². The molecule has 0 saturated heterocycles. The number of ketones is 1. The maximum Gasteiger partial charge on any atom is 0.182 e. The van der Waals surface area contributed by atoms with E-state index in [1.54, 1.807) is 0 Å². The molecule has 1 aromatic carbocycles.